The van der Waals surface area contributed by atoms with Gasteiger partial charge in [-0.05, 0) is 49.2 Å². The van der Waals surface area contributed by atoms with Gasteiger partial charge in [-0.2, -0.15) is 0 Å². The van der Waals surface area contributed by atoms with Gasteiger partial charge in [0.2, 0.25) is 11.8 Å². The van der Waals surface area contributed by atoms with Crippen molar-refractivity contribution in [1.82, 2.24) is 10.2 Å². The Morgan fingerprint density at radius 2 is 1.61 bits per heavy atom. The molecule has 2 aromatic rings. The fourth-order valence-corrected chi connectivity index (χ4v) is 3.83. The Morgan fingerprint density at radius 1 is 0.909 bits per heavy atom. The van der Waals surface area contributed by atoms with Crippen molar-refractivity contribution in [3.63, 3.8) is 0 Å². The summed E-state index contributed by atoms with van der Waals surface area (Å²) in [5.74, 6) is 0.331. The van der Waals surface area contributed by atoms with Crippen LogP contribution in [0.15, 0.2) is 54.6 Å². The lowest BCUT2D eigenvalue weighted by Crippen LogP contribution is -2.49. The van der Waals surface area contributed by atoms with Crippen LogP contribution in [0.5, 0.6) is 11.5 Å². The second-order valence-corrected chi connectivity index (χ2v) is 7.97. The molecule has 0 saturated heterocycles. The highest BCUT2D eigenvalue weighted by Crippen LogP contribution is 2.23. The van der Waals surface area contributed by atoms with Gasteiger partial charge in [-0.25, -0.2) is 0 Å². The number of hydrogen-bond donors (Lipinski definition) is 2. The van der Waals surface area contributed by atoms with Gasteiger partial charge in [0.1, 0.15) is 11.5 Å². The monoisotopic (exact) mass is 453 g/mol. The molecule has 1 fully saturated rings. The number of rotatable bonds is 10. The quantitative estimate of drug-likeness (QED) is 0.577. The van der Waals surface area contributed by atoms with E-state index in [4.69, 9.17) is 9.47 Å². The zero-order valence-corrected chi connectivity index (χ0v) is 18.9. The first kappa shape index (κ1) is 24.1. The molecule has 176 valence electrons. The van der Waals surface area contributed by atoms with Gasteiger partial charge in [0.25, 0.3) is 5.91 Å². The third-order valence-electron chi connectivity index (χ3n) is 5.58. The molecule has 2 N–H and O–H groups in total. The summed E-state index contributed by atoms with van der Waals surface area (Å²) < 4.78 is 10.7. The number of ether oxygens (including phenoxy) is 2. The maximum absolute atomic E-state index is 12.9. The summed E-state index contributed by atoms with van der Waals surface area (Å²) in [6.07, 6.45) is 4.92. The van der Waals surface area contributed by atoms with Gasteiger partial charge in [0.15, 0.2) is 6.61 Å². The van der Waals surface area contributed by atoms with E-state index in [0.29, 0.717) is 17.2 Å². The number of methoxy groups -OCH3 is 1. The van der Waals surface area contributed by atoms with Crippen LogP contribution in [0.25, 0.3) is 0 Å². The van der Waals surface area contributed by atoms with E-state index in [0.717, 1.165) is 32.1 Å². The Hall–Kier alpha value is -3.55. The summed E-state index contributed by atoms with van der Waals surface area (Å²) >= 11 is 0. The molecule has 33 heavy (non-hydrogen) atoms. The van der Waals surface area contributed by atoms with Gasteiger partial charge >= 0.3 is 0 Å². The molecule has 0 unspecified atom stereocenters. The van der Waals surface area contributed by atoms with Crippen molar-refractivity contribution in [2.75, 3.05) is 32.1 Å². The molecule has 1 aliphatic rings. The Kier molecular flexibility index (Phi) is 9.11. The molecule has 0 aromatic heterocycles. The van der Waals surface area contributed by atoms with Crippen LogP contribution in [0.3, 0.4) is 0 Å². The average molecular weight is 454 g/mol. The number of benzene rings is 2. The van der Waals surface area contributed by atoms with Gasteiger partial charge in [-0.1, -0.05) is 37.5 Å². The Bertz CT molecular complexity index is 911. The maximum atomic E-state index is 12.9. The van der Waals surface area contributed by atoms with E-state index in [-0.39, 0.29) is 43.5 Å². The summed E-state index contributed by atoms with van der Waals surface area (Å²) in [6, 6.07) is 16.0. The second-order valence-electron chi connectivity index (χ2n) is 7.97. The number of hydrogen-bond acceptors (Lipinski definition) is 5. The lowest BCUT2D eigenvalue weighted by Gasteiger charge is -2.33. The van der Waals surface area contributed by atoms with Crippen molar-refractivity contribution in [1.29, 1.82) is 0 Å². The minimum Gasteiger partial charge on any atom is -0.497 e. The number of carbonyl (C=O) groups is 3. The minimum atomic E-state index is -0.376. The Labute approximate surface area is 194 Å². The van der Waals surface area contributed by atoms with Crippen molar-refractivity contribution in [2.45, 2.75) is 38.1 Å². The van der Waals surface area contributed by atoms with Crippen molar-refractivity contribution in [3.05, 3.63) is 54.6 Å². The zero-order valence-electron chi connectivity index (χ0n) is 18.9. The summed E-state index contributed by atoms with van der Waals surface area (Å²) in [4.78, 5) is 39.3. The van der Waals surface area contributed by atoms with E-state index in [9.17, 15) is 14.4 Å². The van der Waals surface area contributed by atoms with Crippen LogP contribution in [0.4, 0.5) is 5.69 Å². The molecule has 0 spiro atoms. The van der Waals surface area contributed by atoms with Crippen LogP contribution in [0, 0.1) is 0 Å². The lowest BCUT2D eigenvalue weighted by atomic mass is 9.94. The van der Waals surface area contributed by atoms with E-state index < -0.39 is 0 Å². The van der Waals surface area contributed by atoms with E-state index in [1.54, 1.807) is 48.4 Å². The molecular formula is C25H31N3O5. The largest absolute Gasteiger partial charge is 0.497 e. The molecule has 8 nitrogen and oxygen atoms in total. The molecule has 3 rings (SSSR count). The first-order valence-corrected chi connectivity index (χ1v) is 11.2. The first-order chi connectivity index (χ1) is 16.0. The topological polar surface area (TPSA) is 97.0 Å². The number of anilines is 1. The van der Waals surface area contributed by atoms with Crippen molar-refractivity contribution in [2.24, 2.45) is 0 Å². The number of carbonyl (C=O) groups excluding carboxylic acids is 3. The van der Waals surface area contributed by atoms with E-state index in [1.807, 2.05) is 18.2 Å². The van der Waals surface area contributed by atoms with Gasteiger partial charge < -0.3 is 25.0 Å². The van der Waals surface area contributed by atoms with Gasteiger partial charge in [0, 0.05) is 11.7 Å². The smallest absolute Gasteiger partial charge is 0.261 e. The van der Waals surface area contributed by atoms with Crippen LogP contribution in [0.2, 0.25) is 0 Å². The maximum Gasteiger partial charge on any atom is 0.261 e. The molecule has 3 amide bonds. The third kappa shape index (κ3) is 7.82. The highest BCUT2D eigenvalue weighted by Gasteiger charge is 2.27. The fourth-order valence-electron chi connectivity index (χ4n) is 3.83. The van der Waals surface area contributed by atoms with Gasteiger partial charge in [0.05, 0.1) is 20.2 Å². The Morgan fingerprint density at radius 3 is 2.27 bits per heavy atom. The molecule has 8 heteroatoms. The third-order valence-corrected chi connectivity index (χ3v) is 5.58. The van der Waals surface area contributed by atoms with E-state index >= 15 is 0 Å². The molecule has 0 atom stereocenters. The molecule has 0 heterocycles. The SMILES string of the molecule is COc1ccc(NC(=O)CNC(=O)CN(C(=O)COc2ccccc2)C2CCCCC2)cc1. The number of nitrogens with one attached hydrogen (secondary N) is 2. The zero-order chi connectivity index (χ0) is 23.5. The van der Waals surface area contributed by atoms with Crippen LogP contribution in [-0.4, -0.2) is 55.5 Å². The highest BCUT2D eigenvalue weighted by atomic mass is 16.5. The van der Waals surface area contributed by atoms with Gasteiger partial charge in [-0.15, -0.1) is 0 Å². The number of nitrogens with zero attached hydrogens (tertiary/aromatic N) is 1. The van der Waals surface area contributed by atoms with Crippen molar-refractivity contribution >= 4 is 23.4 Å². The second kappa shape index (κ2) is 12.5. The first-order valence-electron chi connectivity index (χ1n) is 11.2. The average Bonchev–Trinajstić information content (AvgIpc) is 2.86. The van der Waals surface area contributed by atoms with E-state index in [1.165, 1.54) is 0 Å². The Balaban J connectivity index is 1.51. The van der Waals surface area contributed by atoms with Crippen molar-refractivity contribution < 1.29 is 23.9 Å². The highest BCUT2D eigenvalue weighted by molar-refractivity contribution is 5.95. The normalized spacial score (nSPS) is 13.6. The van der Waals surface area contributed by atoms with Crippen molar-refractivity contribution in [3.8, 4) is 11.5 Å². The van der Waals surface area contributed by atoms with Crippen LogP contribution >= 0.6 is 0 Å². The standard InChI is InChI=1S/C25H31N3O5/c1-32-21-14-12-19(13-15-21)27-23(29)16-26-24(30)17-28(20-8-4-2-5-9-20)25(31)18-33-22-10-6-3-7-11-22/h3,6-7,10-15,20H,2,4-5,8-9,16-18H2,1H3,(H,26,30)(H,27,29). The molecule has 0 radical (unpaired) electrons. The predicted octanol–water partition coefficient (Wildman–Crippen LogP) is 2.99. The molecule has 1 aliphatic carbocycles. The molecule has 0 bridgehead atoms. The summed E-state index contributed by atoms with van der Waals surface area (Å²) in [5, 5.41) is 5.33. The molecular weight excluding hydrogens is 422 g/mol. The number of para-hydroxylation sites is 1. The van der Waals surface area contributed by atoms with Crippen LogP contribution in [-0.2, 0) is 14.4 Å². The minimum absolute atomic E-state index is 0.00417. The molecule has 0 aliphatic heterocycles. The molecule has 1 saturated carbocycles. The summed E-state index contributed by atoms with van der Waals surface area (Å²) in [6.45, 7) is -0.415. The lowest BCUT2D eigenvalue weighted by molar-refractivity contribution is -0.140. The fraction of sp³-hybridized carbons (Fsp3) is 0.400. The molecule has 2 aromatic carbocycles. The summed E-state index contributed by atoms with van der Waals surface area (Å²) in [7, 11) is 1.57. The van der Waals surface area contributed by atoms with E-state index in [2.05, 4.69) is 10.6 Å². The predicted molar refractivity (Wildman–Crippen MR) is 125 cm³/mol. The number of amides is 3. The van der Waals surface area contributed by atoms with Gasteiger partial charge in [-0.3, -0.25) is 14.4 Å². The van der Waals surface area contributed by atoms with Crippen LogP contribution in [0.1, 0.15) is 32.1 Å². The summed E-state index contributed by atoms with van der Waals surface area (Å²) in [5.41, 5.74) is 0.604. The van der Waals surface area contributed by atoms with Crippen LogP contribution < -0.4 is 20.1 Å².